The van der Waals surface area contributed by atoms with Gasteiger partial charge in [-0.05, 0) is 24.2 Å². The predicted molar refractivity (Wildman–Crippen MR) is 65.9 cm³/mol. The first-order valence-electron chi connectivity index (χ1n) is 6.19. The number of rotatable bonds is 2. The second-order valence-corrected chi connectivity index (χ2v) is 6.05. The number of hydrogen-bond donors (Lipinski definition) is 1. The molecule has 0 aromatic heterocycles. The maximum Gasteiger partial charge on any atom is 0.182 e. The number of benzene rings is 1. The number of nitrogens with one attached hydrogen (secondary N) is 1. The largest absolute Gasteiger partial charge is 0.379 e. The summed E-state index contributed by atoms with van der Waals surface area (Å²) in [4.78, 5) is 0. The molecule has 0 saturated heterocycles. The molecule has 1 aromatic rings. The van der Waals surface area contributed by atoms with E-state index >= 15 is 0 Å². The topological polar surface area (TPSA) is 12.0 Å². The van der Waals surface area contributed by atoms with E-state index in [2.05, 4.69) is 26.1 Å². The van der Waals surface area contributed by atoms with E-state index in [0.717, 1.165) is 18.9 Å². The lowest BCUT2D eigenvalue weighted by Gasteiger charge is -2.20. The minimum Gasteiger partial charge on any atom is -0.379 e. The minimum absolute atomic E-state index is 0.0516. The van der Waals surface area contributed by atoms with Crippen LogP contribution in [0.2, 0.25) is 0 Å². The Morgan fingerprint density at radius 2 is 1.83 bits per heavy atom. The Morgan fingerprint density at radius 1 is 1.17 bits per heavy atom. The van der Waals surface area contributed by atoms with Gasteiger partial charge in [-0.2, -0.15) is 0 Å². The zero-order valence-electron chi connectivity index (χ0n) is 10.9. The van der Waals surface area contributed by atoms with Crippen LogP contribution in [-0.2, 0) is 0 Å². The second kappa shape index (κ2) is 4.48. The summed E-state index contributed by atoms with van der Waals surface area (Å²) in [5.74, 6) is -2.57. The highest BCUT2D eigenvalue weighted by Crippen LogP contribution is 2.42. The lowest BCUT2D eigenvalue weighted by atomic mass is 9.91. The van der Waals surface area contributed by atoms with E-state index in [-0.39, 0.29) is 17.1 Å². The first-order valence-corrected chi connectivity index (χ1v) is 6.19. The van der Waals surface area contributed by atoms with Crippen molar-refractivity contribution in [2.45, 2.75) is 39.7 Å². The van der Waals surface area contributed by atoms with E-state index in [4.69, 9.17) is 0 Å². The van der Waals surface area contributed by atoms with Crippen molar-refractivity contribution in [1.82, 2.24) is 0 Å². The third-order valence-electron chi connectivity index (χ3n) is 3.67. The summed E-state index contributed by atoms with van der Waals surface area (Å²) in [5, 5.41) is 2.94. The monoisotopic (exact) mass is 257 g/mol. The van der Waals surface area contributed by atoms with Crippen LogP contribution in [0, 0.1) is 28.8 Å². The Hall–Kier alpha value is -1.19. The molecule has 1 aliphatic rings. The maximum atomic E-state index is 13.6. The van der Waals surface area contributed by atoms with Crippen LogP contribution in [0.3, 0.4) is 0 Å². The Labute approximate surface area is 105 Å². The van der Waals surface area contributed by atoms with Crippen molar-refractivity contribution in [3.8, 4) is 0 Å². The molecule has 2 rings (SSSR count). The molecule has 4 heteroatoms. The van der Waals surface area contributed by atoms with Gasteiger partial charge in [-0.25, -0.2) is 13.2 Å². The summed E-state index contributed by atoms with van der Waals surface area (Å²) < 4.78 is 39.7. The van der Waals surface area contributed by atoms with Crippen LogP contribution in [0.1, 0.15) is 33.6 Å². The van der Waals surface area contributed by atoms with Gasteiger partial charge in [0.05, 0.1) is 5.69 Å². The fraction of sp³-hybridized carbons (Fsp3) is 0.571. The molecule has 1 saturated carbocycles. The predicted octanol–water partition coefficient (Wildman–Crippen LogP) is 4.34. The summed E-state index contributed by atoms with van der Waals surface area (Å²) in [7, 11) is 0. The molecule has 0 amide bonds. The number of anilines is 1. The van der Waals surface area contributed by atoms with Gasteiger partial charge < -0.3 is 5.32 Å². The van der Waals surface area contributed by atoms with Gasteiger partial charge in [0, 0.05) is 18.2 Å². The summed E-state index contributed by atoms with van der Waals surface area (Å²) in [6.07, 6.45) is 1.88. The molecule has 0 aliphatic heterocycles. The Bertz CT molecular complexity index is 457. The average Bonchev–Trinajstić information content (AvgIpc) is 2.47. The van der Waals surface area contributed by atoms with E-state index in [1.807, 2.05) is 0 Å². The minimum atomic E-state index is -1.15. The summed E-state index contributed by atoms with van der Waals surface area (Å²) in [6, 6.07) is 1.62. The molecule has 2 atom stereocenters. The van der Waals surface area contributed by atoms with Gasteiger partial charge >= 0.3 is 0 Å². The Morgan fingerprint density at radius 3 is 2.39 bits per heavy atom. The van der Waals surface area contributed by atoms with Gasteiger partial charge in [-0.15, -0.1) is 0 Å². The third kappa shape index (κ3) is 2.62. The van der Waals surface area contributed by atoms with Crippen LogP contribution >= 0.6 is 0 Å². The van der Waals surface area contributed by atoms with Crippen molar-refractivity contribution in [2.75, 3.05) is 5.32 Å². The van der Waals surface area contributed by atoms with Crippen LogP contribution in [0.4, 0.5) is 18.9 Å². The molecule has 1 aliphatic carbocycles. The highest BCUT2D eigenvalue weighted by Gasteiger charge is 2.37. The van der Waals surface area contributed by atoms with E-state index in [1.165, 1.54) is 0 Å². The van der Waals surface area contributed by atoms with Gasteiger partial charge in [0.1, 0.15) is 5.82 Å². The zero-order valence-corrected chi connectivity index (χ0v) is 10.9. The van der Waals surface area contributed by atoms with E-state index in [0.29, 0.717) is 12.0 Å². The van der Waals surface area contributed by atoms with E-state index in [9.17, 15) is 13.2 Å². The van der Waals surface area contributed by atoms with Crippen LogP contribution in [0.25, 0.3) is 0 Å². The quantitative estimate of drug-likeness (QED) is 0.777. The highest BCUT2D eigenvalue weighted by molar-refractivity contribution is 5.46. The highest BCUT2D eigenvalue weighted by atomic mass is 19.2. The average molecular weight is 257 g/mol. The lowest BCUT2D eigenvalue weighted by molar-refractivity contribution is 0.366. The smallest absolute Gasteiger partial charge is 0.182 e. The SMILES string of the molecule is CC1CC(C)(C)CC1Nc1cc(F)cc(F)c1F. The van der Waals surface area contributed by atoms with Crippen LogP contribution < -0.4 is 5.32 Å². The molecular weight excluding hydrogens is 239 g/mol. The summed E-state index contributed by atoms with van der Waals surface area (Å²) >= 11 is 0. The fourth-order valence-corrected chi connectivity index (χ4v) is 2.95. The lowest BCUT2D eigenvalue weighted by Crippen LogP contribution is -2.23. The molecule has 1 fully saturated rings. The second-order valence-electron chi connectivity index (χ2n) is 6.05. The maximum absolute atomic E-state index is 13.6. The Kier molecular flexibility index (Phi) is 3.30. The van der Waals surface area contributed by atoms with E-state index in [1.54, 1.807) is 0 Å². The molecule has 1 aromatic carbocycles. The summed E-state index contributed by atoms with van der Waals surface area (Å²) in [5.41, 5.74) is 0.0986. The molecule has 100 valence electrons. The van der Waals surface area contributed by atoms with Gasteiger partial charge in [0.25, 0.3) is 0 Å². The molecular formula is C14H18F3N. The van der Waals surface area contributed by atoms with E-state index < -0.39 is 17.5 Å². The van der Waals surface area contributed by atoms with Crippen molar-refractivity contribution in [3.63, 3.8) is 0 Å². The molecule has 0 spiro atoms. The zero-order chi connectivity index (χ0) is 13.5. The molecule has 2 unspecified atom stereocenters. The van der Waals surface area contributed by atoms with Crippen molar-refractivity contribution < 1.29 is 13.2 Å². The fourth-order valence-electron chi connectivity index (χ4n) is 2.95. The van der Waals surface area contributed by atoms with Crippen molar-refractivity contribution in [3.05, 3.63) is 29.6 Å². The van der Waals surface area contributed by atoms with Crippen molar-refractivity contribution in [2.24, 2.45) is 11.3 Å². The first-order chi connectivity index (χ1) is 8.28. The van der Waals surface area contributed by atoms with Crippen molar-refractivity contribution >= 4 is 5.69 Å². The van der Waals surface area contributed by atoms with Crippen molar-refractivity contribution in [1.29, 1.82) is 0 Å². The summed E-state index contributed by atoms with van der Waals surface area (Å²) in [6.45, 7) is 6.36. The molecule has 1 N–H and O–H groups in total. The van der Waals surface area contributed by atoms with Crippen LogP contribution in [-0.4, -0.2) is 6.04 Å². The van der Waals surface area contributed by atoms with Gasteiger partial charge in [-0.3, -0.25) is 0 Å². The van der Waals surface area contributed by atoms with Gasteiger partial charge in [0.2, 0.25) is 0 Å². The molecule has 1 nitrogen and oxygen atoms in total. The van der Waals surface area contributed by atoms with Gasteiger partial charge in [-0.1, -0.05) is 20.8 Å². The third-order valence-corrected chi connectivity index (χ3v) is 3.67. The molecule has 0 bridgehead atoms. The van der Waals surface area contributed by atoms with Crippen LogP contribution in [0.15, 0.2) is 12.1 Å². The number of halogens is 3. The Balaban J connectivity index is 2.20. The van der Waals surface area contributed by atoms with Crippen LogP contribution in [0.5, 0.6) is 0 Å². The van der Waals surface area contributed by atoms with Gasteiger partial charge in [0.15, 0.2) is 11.6 Å². The standard InChI is InChI=1S/C14H18F3N/c1-8-6-14(2,3)7-12(8)18-11-5-9(15)4-10(16)13(11)17/h4-5,8,12,18H,6-7H2,1-3H3. The molecule has 0 radical (unpaired) electrons. The molecule has 0 heterocycles. The number of hydrogen-bond acceptors (Lipinski definition) is 1. The normalized spacial score (nSPS) is 26.3. The molecule has 18 heavy (non-hydrogen) atoms. The first kappa shape index (κ1) is 13.2.